The number of carbonyl (C=O) groups is 1. The van der Waals surface area contributed by atoms with Gasteiger partial charge in [-0.1, -0.05) is 44.2 Å². The molecule has 2 aliphatic rings. The van der Waals surface area contributed by atoms with E-state index in [4.69, 9.17) is 9.57 Å². The molecular weight excluding hydrogens is 494 g/mol. The fourth-order valence-electron chi connectivity index (χ4n) is 4.84. The summed E-state index contributed by atoms with van der Waals surface area (Å²) in [6, 6.07) is 13.5. The van der Waals surface area contributed by atoms with Crippen molar-refractivity contribution in [2.24, 2.45) is 17.8 Å². The van der Waals surface area contributed by atoms with E-state index >= 15 is 0 Å². The number of anilines is 2. The summed E-state index contributed by atoms with van der Waals surface area (Å²) in [5.74, 6) is 0.796. The summed E-state index contributed by atoms with van der Waals surface area (Å²) in [4.78, 5) is 28.3. The second kappa shape index (κ2) is 10.7. The number of ether oxygens (including phenoxy) is 1. The van der Waals surface area contributed by atoms with Crippen molar-refractivity contribution < 1.29 is 23.1 Å². The number of rotatable bonds is 10. The zero-order chi connectivity index (χ0) is 26.1. The standard InChI is InChI=1S/C26H31N5O5S/c1-16(2)15-35-17(3)36-29-25(32)20-11-27-26(28-12-20)30-13-22-23(14-30)24(22)31(37(33)34)21-9-8-18-6-4-5-7-19(18)10-21/h4-12,16-17,22-24H,13-15H2,1-3H3,(H,29,32)(H,33,34)/p-1. The lowest BCUT2D eigenvalue weighted by molar-refractivity contribution is -0.163. The highest BCUT2D eigenvalue weighted by atomic mass is 32.2. The van der Waals surface area contributed by atoms with Crippen molar-refractivity contribution in [2.45, 2.75) is 33.1 Å². The van der Waals surface area contributed by atoms with E-state index < -0.39 is 23.5 Å². The summed E-state index contributed by atoms with van der Waals surface area (Å²) >= 11 is -2.38. The number of hydrogen-bond donors (Lipinski definition) is 1. The van der Waals surface area contributed by atoms with Crippen molar-refractivity contribution in [2.75, 3.05) is 28.9 Å². The predicted octanol–water partition coefficient (Wildman–Crippen LogP) is 3.05. The van der Waals surface area contributed by atoms with E-state index in [0.29, 0.717) is 37.3 Å². The van der Waals surface area contributed by atoms with Gasteiger partial charge < -0.3 is 14.2 Å². The number of nitrogens with zero attached hydrogens (tertiary/aromatic N) is 4. The van der Waals surface area contributed by atoms with Crippen molar-refractivity contribution in [3.8, 4) is 0 Å². The molecule has 0 spiro atoms. The van der Waals surface area contributed by atoms with Gasteiger partial charge >= 0.3 is 0 Å². The first-order valence-corrected chi connectivity index (χ1v) is 13.4. The van der Waals surface area contributed by atoms with Gasteiger partial charge in [0.2, 0.25) is 5.95 Å². The van der Waals surface area contributed by atoms with E-state index in [2.05, 4.69) is 15.4 Å². The first-order valence-electron chi connectivity index (χ1n) is 12.3. The Kier molecular flexibility index (Phi) is 7.38. The SMILES string of the molecule is CC(C)COC(C)ONC(=O)c1cnc(N2CC3C(C2)C3N(c2ccc3ccccc3c2)S(=O)[O-])nc1. The number of benzene rings is 2. The number of nitrogens with one attached hydrogen (secondary N) is 1. The molecule has 1 aliphatic heterocycles. The molecule has 196 valence electrons. The Labute approximate surface area is 218 Å². The Balaban J connectivity index is 1.17. The number of hydrogen-bond acceptors (Lipinski definition) is 8. The third-order valence-electron chi connectivity index (χ3n) is 6.73. The Morgan fingerprint density at radius 2 is 1.81 bits per heavy atom. The topological polar surface area (TPSA) is 120 Å². The summed E-state index contributed by atoms with van der Waals surface area (Å²) < 4.78 is 31.3. The summed E-state index contributed by atoms with van der Waals surface area (Å²) in [5, 5.41) is 2.07. The van der Waals surface area contributed by atoms with Crippen LogP contribution in [0.4, 0.5) is 11.6 Å². The lowest BCUT2D eigenvalue weighted by atomic mass is 10.1. The minimum atomic E-state index is -2.38. The maximum Gasteiger partial charge on any atom is 0.278 e. The molecule has 0 bridgehead atoms. The van der Waals surface area contributed by atoms with Gasteiger partial charge in [-0.15, -0.1) is 0 Å². The molecule has 10 nitrogen and oxygen atoms in total. The van der Waals surface area contributed by atoms with Crippen molar-refractivity contribution in [1.82, 2.24) is 15.4 Å². The van der Waals surface area contributed by atoms with Crippen LogP contribution in [-0.4, -0.2) is 56.7 Å². The molecule has 2 fully saturated rings. The van der Waals surface area contributed by atoms with Crippen LogP contribution >= 0.6 is 0 Å². The lowest BCUT2D eigenvalue weighted by Gasteiger charge is -2.30. The van der Waals surface area contributed by atoms with Crippen LogP contribution in [-0.2, 0) is 20.8 Å². The summed E-state index contributed by atoms with van der Waals surface area (Å²) in [6.45, 7) is 7.58. The van der Waals surface area contributed by atoms with Gasteiger partial charge in [-0.2, -0.15) is 0 Å². The average Bonchev–Trinajstić information content (AvgIpc) is 3.34. The number of carbonyl (C=O) groups excluding carboxylic acids is 1. The molecule has 2 heterocycles. The second-order valence-electron chi connectivity index (χ2n) is 9.91. The molecule has 0 radical (unpaired) electrons. The Hall–Kier alpha value is -3.12. The predicted molar refractivity (Wildman–Crippen MR) is 139 cm³/mol. The highest BCUT2D eigenvalue weighted by Crippen LogP contribution is 2.51. The third kappa shape index (κ3) is 5.59. The zero-order valence-corrected chi connectivity index (χ0v) is 21.8. The van der Waals surface area contributed by atoms with E-state index in [1.54, 1.807) is 6.92 Å². The first-order chi connectivity index (χ1) is 17.8. The molecule has 1 aromatic heterocycles. The molecule has 4 unspecified atom stereocenters. The molecule has 1 saturated carbocycles. The second-order valence-corrected chi connectivity index (χ2v) is 10.7. The van der Waals surface area contributed by atoms with E-state index in [1.807, 2.05) is 61.2 Å². The fraction of sp³-hybridized carbons (Fsp3) is 0.423. The third-order valence-corrected chi connectivity index (χ3v) is 7.51. The Bertz CT molecular complexity index is 1280. The smallest absolute Gasteiger partial charge is 0.278 e. The van der Waals surface area contributed by atoms with Gasteiger partial charge in [0.1, 0.15) is 0 Å². The molecule has 1 amide bonds. The fourth-order valence-corrected chi connectivity index (χ4v) is 5.63. The van der Waals surface area contributed by atoms with E-state index in [-0.39, 0.29) is 23.4 Å². The molecule has 3 aromatic rings. The molecule has 11 heteroatoms. The summed E-state index contributed by atoms with van der Waals surface area (Å²) in [5.41, 5.74) is 3.31. The largest absolute Gasteiger partial charge is 0.755 e. The highest BCUT2D eigenvalue weighted by Gasteiger charge is 2.59. The van der Waals surface area contributed by atoms with E-state index in [9.17, 15) is 13.6 Å². The molecule has 1 aliphatic carbocycles. The van der Waals surface area contributed by atoms with Crippen LogP contribution in [0.5, 0.6) is 0 Å². The minimum Gasteiger partial charge on any atom is -0.755 e. The van der Waals surface area contributed by atoms with Gasteiger partial charge in [0, 0.05) is 54.3 Å². The molecule has 4 atom stereocenters. The van der Waals surface area contributed by atoms with Crippen LogP contribution in [0.3, 0.4) is 0 Å². The maximum atomic E-state index is 12.3. The van der Waals surface area contributed by atoms with Crippen LogP contribution < -0.4 is 14.7 Å². The van der Waals surface area contributed by atoms with Crippen molar-refractivity contribution in [3.63, 3.8) is 0 Å². The van der Waals surface area contributed by atoms with Gasteiger partial charge in [-0.05, 0) is 35.7 Å². The average molecular weight is 525 g/mol. The Morgan fingerprint density at radius 1 is 1.14 bits per heavy atom. The number of fused-ring (bicyclic) bond motifs is 2. The first kappa shape index (κ1) is 25.5. The number of amides is 1. The normalized spacial score (nSPS) is 22.1. The van der Waals surface area contributed by atoms with Gasteiger partial charge in [0.05, 0.1) is 18.2 Å². The van der Waals surface area contributed by atoms with Crippen molar-refractivity contribution in [1.29, 1.82) is 0 Å². The molecule has 1 saturated heterocycles. The Morgan fingerprint density at radius 3 is 2.46 bits per heavy atom. The molecule has 1 N–H and O–H groups in total. The van der Waals surface area contributed by atoms with Crippen LogP contribution in [0.15, 0.2) is 54.9 Å². The molecular formula is C26H30N5O5S-. The molecule has 5 rings (SSSR count). The van der Waals surface area contributed by atoms with Crippen LogP contribution in [0.1, 0.15) is 31.1 Å². The summed E-state index contributed by atoms with van der Waals surface area (Å²) in [6.07, 6.45) is 2.33. The monoisotopic (exact) mass is 524 g/mol. The number of hydroxylamine groups is 1. The van der Waals surface area contributed by atoms with Gasteiger partial charge in [-0.3, -0.25) is 13.3 Å². The van der Waals surface area contributed by atoms with E-state index in [1.165, 1.54) is 16.7 Å². The van der Waals surface area contributed by atoms with Crippen molar-refractivity contribution >= 4 is 39.6 Å². The molecule has 37 heavy (non-hydrogen) atoms. The molecule has 2 aromatic carbocycles. The number of piperidine rings is 1. The van der Waals surface area contributed by atoms with E-state index in [0.717, 1.165) is 10.8 Å². The van der Waals surface area contributed by atoms with Gasteiger partial charge in [0.15, 0.2) is 6.29 Å². The van der Waals surface area contributed by atoms with Crippen molar-refractivity contribution in [3.05, 3.63) is 60.4 Å². The van der Waals surface area contributed by atoms with Crippen LogP contribution in [0, 0.1) is 17.8 Å². The lowest BCUT2D eigenvalue weighted by Crippen LogP contribution is -2.36. The highest BCUT2D eigenvalue weighted by molar-refractivity contribution is 7.80. The zero-order valence-electron chi connectivity index (χ0n) is 20.9. The quantitative estimate of drug-likeness (QED) is 0.244. The van der Waals surface area contributed by atoms with Gasteiger partial charge in [0.25, 0.3) is 5.91 Å². The number of aromatic nitrogens is 2. The van der Waals surface area contributed by atoms with Crippen LogP contribution in [0.2, 0.25) is 0 Å². The minimum absolute atomic E-state index is 0.0853. The maximum absolute atomic E-state index is 12.3. The van der Waals surface area contributed by atoms with Gasteiger partial charge in [-0.25, -0.2) is 20.3 Å². The summed E-state index contributed by atoms with van der Waals surface area (Å²) in [7, 11) is 0. The van der Waals surface area contributed by atoms with Crippen LogP contribution in [0.25, 0.3) is 10.8 Å².